The first-order valence-electron chi connectivity index (χ1n) is 7.10. The van der Waals surface area contributed by atoms with Gasteiger partial charge in [0.1, 0.15) is 6.61 Å². The summed E-state index contributed by atoms with van der Waals surface area (Å²) in [6.07, 6.45) is 7.45. The number of ether oxygens (including phenoxy) is 1. The molecule has 1 aromatic rings. The van der Waals surface area contributed by atoms with Crippen molar-refractivity contribution in [2.24, 2.45) is 5.92 Å². The number of hydrogen-bond acceptors (Lipinski definition) is 2. The summed E-state index contributed by atoms with van der Waals surface area (Å²) >= 11 is 0. The van der Waals surface area contributed by atoms with Gasteiger partial charge in [0.25, 0.3) is 0 Å². The Morgan fingerprint density at radius 2 is 1.95 bits per heavy atom. The molecule has 0 aliphatic heterocycles. The zero-order chi connectivity index (χ0) is 14.8. The maximum absolute atomic E-state index is 11.6. The third-order valence-electron chi connectivity index (χ3n) is 3.42. The van der Waals surface area contributed by atoms with Gasteiger partial charge in [0.15, 0.2) is 0 Å². The van der Waals surface area contributed by atoms with Gasteiger partial charge in [-0.15, -0.1) is 0 Å². The van der Waals surface area contributed by atoms with E-state index in [0.29, 0.717) is 18.9 Å². The number of allylic oxidation sites excluding steroid dienone is 3. The van der Waals surface area contributed by atoms with E-state index < -0.39 is 0 Å². The van der Waals surface area contributed by atoms with Crippen molar-refractivity contribution < 1.29 is 9.53 Å². The van der Waals surface area contributed by atoms with Gasteiger partial charge in [0.2, 0.25) is 0 Å². The molecule has 0 saturated heterocycles. The maximum atomic E-state index is 11.6. The monoisotopic (exact) mass is 272 g/mol. The fourth-order valence-corrected chi connectivity index (χ4v) is 1.79. The zero-order valence-corrected chi connectivity index (χ0v) is 12.6. The summed E-state index contributed by atoms with van der Waals surface area (Å²) in [5.41, 5.74) is 2.37. The third-order valence-corrected chi connectivity index (χ3v) is 3.42. The van der Waals surface area contributed by atoms with E-state index >= 15 is 0 Å². The standard InChI is InChI=1S/C18H24O2/c1-4-15(2)16(3)10-8-9-13-20-18(19)14-17-11-6-5-7-12-17/h4-9,11-12,16H,10,13-14H2,1-3H3/b9-8+,15-4+. The average molecular weight is 272 g/mol. The Morgan fingerprint density at radius 1 is 1.25 bits per heavy atom. The zero-order valence-electron chi connectivity index (χ0n) is 12.6. The lowest BCUT2D eigenvalue weighted by atomic mass is 9.99. The summed E-state index contributed by atoms with van der Waals surface area (Å²) < 4.78 is 5.17. The molecule has 0 amide bonds. The Labute approximate surface area is 122 Å². The van der Waals surface area contributed by atoms with E-state index in [1.165, 1.54) is 5.57 Å². The highest BCUT2D eigenvalue weighted by Crippen LogP contribution is 2.13. The number of hydrogen-bond donors (Lipinski definition) is 0. The Morgan fingerprint density at radius 3 is 2.60 bits per heavy atom. The Balaban J connectivity index is 2.22. The van der Waals surface area contributed by atoms with Crippen LogP contribution in [0.15, 0.2) is 54.1 Å². The van der Waals surface area contributed by atoms with Crippen molar-refractivity contribution in [1.82, 2.24) is 0 Å². The van der Waals surface area contributed by atoms with Crippen molar-refractivity contribution in [2.75, 3.05) is 6.61 Å². The van der Waals surface area contributed by atoms with E-state index in [1.807, 2.05) is 36.4 Å². The molecule has 0 aliphatic rings. The predicted molar refractivity (Wildman–Crippen MR) is 83.5 cm³/mol. The first-order chi connectivity index (χ1) is 9.63. The molecule has 108 valence electrons. The van der Waals surface area contributed by atoms with Gasteiger partial charge < -0.3 is 4.74 Å². The van der Waals surface area contributed by atoms with Crippen LogP contribution in [0.3, 0.4) is 0 Å². The lowest BCUT2D eigenvalue weighted by molar-refractivity contribution is -0.141. The fourth-order valence-electron chi connectivity index (χ4n) is 1.79. The van der Waals surface area contributed by atoms with E-state index in [-0.39, 0.29) is 5.97 Å². The maximum Gasteiger partial charge on any atom is 0.310 e. The molecule has 20 heavy (non-hydrogen) atoms. The van der Waals surface area contributed by atoms with Crippen LogP contribution >= 0.6 is 0 Å². The van der Waals surface area contributed by atoms with E-state index in [0.717, 1.165) is 12.0 Å². The molecule has 1 rings (SSSR count). The summed E-state index contributed by atoms with van der Waals surface area (Å²) in [6, 6.07) is 9.64. The molecular formula is C18H24O2. The molecule has 2 heteroatoms. The predicted octanol–water partition coefficient (Wildman–Crippen LogP) is 4.32. The smallest absolute Gasteiger partial charge is 0.310 e. The number of esters is 1. The van der Waals surface area contributed by atoms with Crippen LogP contribution in [0.1, 0.15) is 32.8 Å². The van der Waals surface area contributed by atoms with Crippen molar-refractivity contribution in [3.63, 3.8) is 0 Å². The Bertz CT molecular complexity index is 458. The lowest BCUT2D eigenvalue weighted by Crippen LogP contribution is -2.07. The minimum atomic E-state index is -0.182. The second-order valence-electron chi connectivity index (χ2n) is 4.99. The highest BCUT2D eigenvalue weighted by molar-refractivity contribution is 5.72. The Hall–Kier alpha value is -1.83. The number of carbonyl (C=O) groups excluding carboxylic acids is 1. The van der Waals surface area contributed by atoms with Gasteiger partial charge in [-0.05, 0) is 31.7 Å². The summed E-state index contributed by atoms with van der Waals surface area (Å²) in [5.74, 6) is 0.356. The summed E-state index contributed by atoms with van der Waals surface area (Å²) in [7, 11) is 0. The van der Waals surface area contributed by atoms with Crippen molar-refractivity contribution in [1.29, 1.82) is 0 Å². The van der Waals surface area contributed by atoms with Crippen LogP contribution in [0.2, 0.25) is 0 Å². The van der Waals surface area contributed by atoms with Crippen LogP contribution in [0.4, 0.5) is 0 Å². The largest absolute Gasteiger partial charge is 0.461 e. The summed E-state index contributed by atoms with van der Waals surface area (Å²) in [4.78, 5) is 11.6. The molecule has 0 bridgehead atoms. The minimum absolute atomic E-state index is 0.182. The Kier molecular flexibility index (Phi) is 7.41. The average Bonchev–Trinajstić information content (AvgIpc) is 2.46. The van der Waals surface area contributed by atoms with E-state index in [4.69, 9.17) is 4.74 Å². The molecule has 1 atom stereocenters. The third kappa shape index (κ3) is 6.37. The molecule has 1 aromatic carbocycles. The molecule has 0 aliphatic carbocycles. The second-order valence-corrected chi connectivity index (χ2v) is 4.99. The molecular weight excluding hydrogens is 248 g/mol. The molecule has 2 nitrogen and oxygen atoms in total. The number of carbonyl (C=O) groups is 1. The molecule has 0 saturated carbocycles. The van der Waals surface area contributed by atoms with E-state index in [2.05, 4.69) is 32.9 Å². The molecule has 0 heterocycles. The van der Waals surface area contributed by atoms with Crippen LogP contribution in [0.25, 0.3) is 0 Å². The van der Waals surface area contributed by atoms with Gasteiger partial charge in [-0.1, -0.05) is 61.1 Å². The molecule has 1 unspecified atom stereocenters. The lowest BCUT2D eigenvalue weighted by Gasteiger charge is -2.08. The van der Waals surface area contributed by atoms with Crippen LogP contribution < -0.4 is 0 Å². The van der Waals surface area contributed by atoms with Gasteiger partial charge in [-0.3, -0.25) is 4.79 Å². The fraction of sp³-hybridized carbons (Fsp3) is 0.389. The van der Waals surface area contributed by atoms with Gasteiger partial charge in [-0.25, -0.2) is 0 Å². The molecule has 0 fully saturated rings. The second kappa shape index (κ2) is 9.13. The van der Waals surface area contributed by atoms with Gasteiger partial charge in [0.05, 0.1) is 6.42 Å². The van der Waals surface area contributed by atoms with Gasteiger partial charge in [0, 0.05) is 0 Å². The topological polar surface area (TPSA) is 26.3 Å². The summed E-state index contributed by atoms with van der Waals surface area (Å²) in [5, 5.41) is 0. The van der Waals surface area contributed by atoms with Crippen molar-refractivity contribution >= 4 is 5.97 Å². The molecule has 0 aromatic heterocycles. The SMILES string of the molecule is C/C=C(\C)C(C)C/C=C/COC(=O)Cc1ccccc1. The van der Waals surface area contributed by atoms with Crippen molar-refractivity contribution in [3.05, 3.63) is 59.7 Å². The van der Waals surface area contributed by atoms with Gasteiger partial charge >= 0.3 is 5.97 Å². The first-order valence-corrected chi connectivity index (χ1v) is 7.10. The van der Waals surface area contributed by atoms with Crippen LogP contribution in [0.5, 0.6) is 0 Å². The van der Waals surface area contributed by atoms with Gasteiger partial charge in [-0.2, -0.15) is 0 Å². The molecule has 0 N–H and O–H groups in total. The van der Waals surface area contributed by atoms with Crippen LogP contribution in [0, 0.1) is 5.92 Å². The highest BCUT2D eigenvalue weighted by Gasteiger charge is 2.03. The quantitative estimate of drug-likeness (QED) is 0.546. The first kappa shape index (κ1) is 16.2. The van der Waals surface area contributed by atoms with Crippen molar-refractivity contribution in [2.45, 2.75) is 33.6 Å². The van der Waals surface area contributed by atoms with E-state index in [1.54, 1.807) is 0 Å². The van der Waals surface area contributed by atoms with Crippen molar-refractivity contribution in [3.8, 4) is 0 Å². The molecule has 0 radical (unpaired) electrons. The van der Waals surface area contributed by atoms with Crippen LogP contribution in [-0.4, -0.2) is 12.6 Å². The number of benzene rings is 1. The highest BCUT2D eigenvalue weighted by atomic mass is 16.5. The minimum Gasteiger partial charge on any atom is -0.461 e. The van der Waals surface area contributed by atoms with E-state index in [9.17, 15) is 4.79 Å². The summed E-state index contributed by atoms with van der Waals surface area (Å²) in [6.45, 7) is 6.74. The molecule has 0 spiro atoms. The number of rotatable bonds is 7. The normalized spacial score (nSPS) is 13.4. The van der Waals surface area contributed by atoms with Crippen LogP contribution in [-0.2, 0) is 16.0 Å².